The first-order valence-electron chi connectivity index (χ1n) is 19.0. The smallest absolute Gasteiger partial charge is 0.320 e. The lowest BCUT2D eigenvalue weighted by atomic mass is 10.0. The van der Waals surface area contributed by atoms with Gasteiger partial charge >= 0.3 is 11.9 Å². The van der Waals surface area contributed by atoms with Crippen LogP contribution in [0, 0.1) is 5.92 Å². The van der Waals surface area contributed by atoms with E-state index >= 15 is 0 Å². The standard InChI is InChI=1S/C21H40O4.2C8H16O4/c1-4-5-6-7-8-9-10-11-12-13-14-15-16-17-18-25-21(23)19(2)20(22)24-3;2*1-2-10-5-6-12-8-7-11-4-3-9-1/h19H,4-18H2,1-3H3;2*1-8H2. The molecule has 2 aliphatic rings. The van der Waals surface area contributed by atoms with E-state index in [0.29, 0.717) is 112 Å². The number of unbranched alkanes of at least 4 members (excludes halogenated alkanes) is 13. The van der Waals surface area contributed by atoms with Crippen molar-refractivity contribution in [2.75, 3.05) is 119 Å². The van der Waals surface area contributed by atoms with Crippen molar-refractivity contribution in [3.05, 3.63) is 0 Å². The Bertz CT molecular complexity index is 572. The van der Waals surface area contributed by atoms with Gasteiger partial charge in [-0.05, 0) is 13.3 Å². The number of rotatable bonds is 17. The molecular weight excluding hydrogens is 636 g/mol. The molecule has 0 amide bonds. The third-order valence-electron chi connectivity index (χ3n) is 7.63. The highest BCUT2D eigenvalue weighted by Crippen LogP contribution is 2.13. The third kappa shape index (κ3) is 37.7. The average molecular weight is 709 g/mol. The van der Waals surface area contributed by atoms with Crippen molar-refractivity contribution in [2.24, 2.45) is 5.92 Å². The number of carbonyl (C=O) groups is 2. The highest BCUT2D eigenvalue weighted by atomic mass is 16.6. The van der Waals surface area contributed by atoms with Crippen LogP contribution in [0.4, 0.5) is 0 Å². The molecule has 12 nitrogen and oxygen atoms in total. The Kier molecular flexibility index (Phi) is 39.9. The molecule has 292 valence electrons. The first-order valence-corrected chi connectivity index (χ1v) is 19.0. The molecule has 2 saturated heterocycles. The van der Waals surface area contributed by atoms with Gasteiger partial charge in [0.2, 0.25) is 0 Å². The Balaban J connectivity index is 0.000000791. The molecule has 0 saturated carbocycles. The molecule has 2 rings (SSSR count). The molecule has 0 aromatic carbocycles. The molecule has 0 aliphatic carbocycles. The monoisotopic (exact) mass is 709 g/mol. The predicted molar refractivity (Wildman–Crippen MR) is 189 cm³/mol. The van der Waals surface area contributed by atoms with Gasteiger partial charge in [0.05, 0.1) is 119 Å². The first kappa shape index (κ1) is 47.6. The van der Waals surface area contributed by atoms with E-state index in [-0.39, 0.29) is 0 Å². The van der Waals surface area contributed by atoms with E-state index < -0.39 is 17.9 Å². The maximum Gasteiger partial charge on any atom is 0.320 e. The zero-order valence-electron chi connectivity index (χ0n) is 31.4. The number of methoxy groups -OCH3 is 1. The van der Waals surface area contributed by atoms with Crippen LogP contribution in [-0.2, 0) is 57.0 Å². The minimum Gasteiger partial charge on any atom is -0.468 e. The van der Waals surface area contributed by atoms with Crippen molar-refractivity contribution in [1.29, 1.82) is 0 Å². The maximum atomic E-state index is 11.6. The van der Waals surface area contributed by atoms with Crippen LogP contribution in [-0.4, -0.2) is 131 Å². The summed E-state index contributed by atoms with van der Waals surface area (Å²) >= 11 is 0. The molecule has 2 heterocycles. The maximum absolute atomic E-state index is 11.6. The van der Waals surface area contributed by atoms with Crippen molar-refractivity contribution in [3.63, 3.8) is 0 Å². The van der Waals surface area contributed by atoms with Crippen LogP contribution in [0.2, 0.25) is 0 Å². The van der Waals surface area contributed by atoms with Crippen LogP contribution < -0.4 is 0 Å². The molecule has 0 aromatic rings. The van der Waals surface area contributed by atoms with Crippen molar-refractivity contribution >= 4 is 11.9 Å². The van der Waals surface area contributed by atoms with Crippen LogP contribution in [0.3, 0.4) is 0 Å². The van der Waals surface area contributed by atoms with Crippen LogP contribution in [0.15, 0.2) is 0 Å². The van der Waals surface area contributed by atoms with Crippen LogP contribution >= 0.6 is 0 Å². The van der Waals surface area contributed by atoms with E-state index in [2.05, 4.69) is 11.7 Å². The number of esters is 2. The Hall–Kier alpha value is -1.38. The summed E-state index contributed by atoms with van der Waals surface area (Å²) in [6, 6.07) is 0. The van der Waals surface area contributed by atoms with Gasteiger partial charge in [-0.25, -0.2) is 0 Å². The highest BCUT2D eigenvalue weighted by molar-refractivity contribution is 5.94. The topological polar surface area (TPSA) is 126 Å². The number of carbonyl (C=O) groups excluding carboxylic acids is 2. The molecule has 0 spiro atoms. The van der Waals surface area contributed by atoms with Gasteiger partial charge in [0.1, 0.15) is 0 Å². The zero-order chi connectivity index (χ0) is 35.7. The fourth-order valence-corrected chi connectivity index (χ4v) is 4.63. The minimum absolute atomic E-state index is 0.401. The van der Waals surface area contributed by atoms with Gasteiger partial charge in [0, 0.05) is 0 Å². The summed E-state index contributed by atoms with van der Waals surface area (Å²) in [6.45, 7) is 14.5. The van der Waals surface area contributed by atoms with Gasteiger partial charge in [0.25, 0.3) is 0 Å². The lowest BCUT2D eigenvalue weighted by molar-refractivity contribution is -0.159. The van der Waals surface area contributed by atoms with E-state index in [4.69, 9.17) is 42.6 Å². The Morgan fingerprint density at radius 3 is 0.918 bits per heavy atom. The fraction of sp³-hybridized carbons (Fsp3) is 0.946. The van der Waals surface area contributed by atoms with E-state index in [1.165, 1.54) is 91.1 Å². The SMILES string of the molecule is C1COCCOCCOCCO1.C1COCCOCCOCCO1.CCCCCCCCCCCCCCCCOC(=O)C(C)C(=O)OC. The predicted octanol–water partition coefficient (Wildman–Crippen LogP) is 5.95. The molecule has 2 fully saturated rings. The van der Waals surface area contributed by atoms with Gasteiger partial charge < -0.3 is 47.4 Å². The van der Waals surface area contributed by atoms with Crippen molar-refractivity contribution in [1.82, 2.24) is 0 Å². The molecular formula is C37H72O12. The molecule has 0 N–H and O–H groups in total. The first-order chi connectivity index (χ1) is 24.1. The fourth-order valence-electron chi connectivity index (χ4n) is 4.63. The van der Waals surface area contributed by atoms with Crippen molar-refractivity contribution in [3.8, 4) is 0 Å². The summed E-state index contributed by atoms with van der Waals surface area (Å²) in [5.74, 6) is -1.84. The molecule has 2 aliphatic heterocycles. The van der Waals surface area contributed by atoms with Gasteiger partial charge in [-0.3, -0.25) is 9.59 Å². The zero-order valence-corrected chi connectivity index (χ0v) is 31.4. The normalized spacial score (nSPS) is 17.9. The van der Waals surface area contributed by atoms with E-state index in [1.807, 2.05) is 0 Å². The quantitative estimate of drug-likeness (QED) is 0.101. The number of hydrogen-bond acceptors (Lipinski definition) is 12. The average Bonchev–Trinajstić information content (AvgIpc) is 3.10. The molecule has 0 radical (unpaired) electrons. The van der Waals surface area contributed by atoms with Crippen molar-refractivity contribution < 1.29 is 57.0 Å². The van der Waals surface area contributed by atoms with Crippen molar-refractivity contribution in [2.45, 2.75) is 104 Å². The van der Waals surface area contributed by atoms with Gasteiger partial charge in [-0.15, -0.1) is 0 Å². The van der Waals surface area contributed by atoms with E-state index in [0.717, 1.165) is 12.8 Å². The second kappa shape index (κ2) is 41.0. The Morgan fingerprint density at radius 2 is 0.673 bits per heavy atom. The molecule has 0 aromatic heterocycles. The van der Waals surface area contributed by atoms with E-state index in [1.54, 1.807) is 0 Å². The summed E-state index contributed by atoms with van der Waals surface area (Å²) in [5, 5.41) is 0. The molecule has 12 heteroatoms. The minimum atomic E-state index is -0.823. The second-order valence-electron chi connectivity index (χ2n) is 11.9. The van der Waals surface area contributed by atoms with Crippen LogP contribution in [0.25, 0.3) is 0 Å². The van der Waals surface area contributed by atoms with E-state index in [9.17, 15) is 9.59 Å². The summed E-state index contributed by atoms with van der Waals surface area (Å²) in [6.07, 6.45) is 18.2. The van der Waals surface area contributed by atoms with Crippen LogP contribution in [0.1, 0.15) is 104 Å². The summed E-state index contributed by atoms with van der Waals surface area (Å²) in [4.78, 5) is 22.7. The van der Waals surface area contributed by atoms with Gasteiger partial charge in [0.15, 0.2) is 5.92 Å². The van der Waals surface area contributed by atoms with Gasteiger partial charge in [-0.2, -0.15) is 0 Å². The second-order valence-corrected chi connectivity index (χ2v) is 11.9. The lowest BCUT2D eigenvalue weighted by Gasteiger charge is -2.09. The highest BCUT2D eigenvalue weighted by Gasteiger charge is 2.23. The largest absolute Gasteiger partial charge is 0.468 e. The number of ether oxygens (including phenoxy) is 10. The Morgan fingerprint density at radius 1 is 0.429 bits per heavy atom. The third-order valence-corrected chi connectivity index (χ3v) is 7.63. The summed E-state index contributed by atoms with van der Waals surface area (Å²) in [5.41, 5.74) is 0. The Labute approximate surface area is 297 Å². The molecule has 0 bridgehead atoms. The number of hydrogen-bond donors (Lipinski definition) is 0. The molecule has 1 atom stereocenters. The molecule has 49 heavy (non-hydrogen) atoms. The molecule has 1 unspecified atom stereocenters. The lowest BCUT2D eigenvalue weighted by Crippen LogP contribution is -2.24. The summed E-state index contributed by atoms with van der Waals surface area (Å²) in [7, 11) is 1.28. The van der Waals surface area contributed by atoms with Gasteiger partial charge in [-0.1, -0.05) is 90.4 Å². The van der Waals surface area contributed by atoms with Crippen LogP contribution in [0.5, 0.6) is 0 Å². The summed E-state index contributed by atoms with van der Waals surface area (Å²) < 4.78 is 51.3.